The van der Waals surface area contributed by atoms with Crippen LogP contribution in [0, 0.1) is 23.0 Å². The van der Waals surface area contributed by atoms with E-state index in [9.17, 15) is 18.4 Å². The van der Waals surface area contributed by atoms with Crippen LogP contribution in [0.25, 0.3) is 0 Å². The number of carbonyl (C=O) groups excluding carboxylic acids is 2. The molecule has 0 atom stereocenters. The Morgan fingerprint density at radius 3 is 2.66 bits per heavy atom. The minimum Gasteiger partial charge on any atom is -0.338 e. The molecular weight excluding hydrogens is 382 g/mol. The number of aromatic nitrogens is 1. The van der Waals surface area contributed by atoms with Crippen LogP contribution in [0.15, 0.2) is 24.4 Å². The zero-order chi connectivity index (χ0) is 21.6. The molecule has 0 bridgehead atoms. The number of hydrogen-bond donors (Lipinski definition) is 4. The van der Waals surface area contributed by atoms with E-state index in [4.69, 9.17) is 5.41 Å². The Morgan fingerprint density at radius 1 is 1.34 bits per heavy atom. The number of rotatable bonds is 8. The Hall–Kier alpha value is -3.56. The number of benzene rings is 1. The van der Waals surface area contributed by atoms with E-state index in [0.29, 0.717) is 12.8 Å². The van der Waals surface area contributed by atoms with E-state index in [2.05, 4.69) is 21.0 Å². The highest BCUT2D eigenvalue weighted by atomic mass is 19.1. The molecule has 0 unspecified atom stereocenters. The molecular formula is C19H22F2N6O2. The Labute approximate surface area is 166 Å². The van der Waals surface area contributed by atoms with E-state index in [0.717, 1.165) is 18.3 Å². The summed E-state index contributed by atoms with van der Waals surface area (Å²) in [5.41, 5.74) is 3.15. The predicted molar refractivity (Wildman–Crippen MR) is 108 cm³/mol. The lowest BCUT2D eigenvalue weighted by Crippen LogP contribution is -2.33. The number of carbonyl (C=O) groups is 2. The van der Waals surface area contributed by atoms with Gasteiger partial charge in [0.2, 0.25) is 0 Å². The van der Waals surface area contributed by atoms with Crippen molar-refractivity contribution in [3.05, 3.63) is 47.2 Å². The Morgan fingerprint density at radius 2 is 2.07 bits per heavy atom. The van der Waals surface area contributed by atoms with Crippen molar-refractivity contribution in [1.29, 1.82) is 5.41 Å². The monoisotopic (exact) mass is 404 g/mol. The van der Waals surface area contributed by atoms with Gasteiger partial charge in [-0.1, -0.05) is 13.8 Å². The molecule has 0 saturated carbocycles. The van der Waals surface area contributed by atoms with Gasteiger partial charge in [-0.25, -0.2) is 18.6 Å². The van der Waals surface area contributed by atoms with Crippen molar-refractivity contribution in [2.75, 3.05) is 29.3 Å². The van der Waals surface area contributed by atoms with Crippen molar-refractivity contribution >= 4 is 35.7 Å². The van der Waals surface area contributed by atoms with Crippen LogP contribution >= 0.6 is 0 Å². The van der Waals surface area contributed by atoms with Crippen molar-refractivity contribution in [3.8, 4) is 0 Å². The van der Waals surface area contributed by atoms with Crippen molar-refractivity contribution in [2.24, 2.45) is 5.92 Å². The minimum absolute atomic E-state index is 0.0141. The van der Waals surface area contributed by atoms with Crippen LogP contribution in [0.4, 0.5) is 30.8 Å². The molecule has 1 heterocycles. The first-order valence-electron chi connectivity index (χ1n) is 8.75. The molecule has 0 fully saturated rings. The molecule has 0 aliphatic carbocycles. The van der Waals surface area contributed by atoms with Gasteiger partial charge in [-0.2, -0.15) is 0 Å². The van der Waals surface area contributed by atoms with Gasteiger partial charge < -0.3 is 10.7 Å². The third-order valence-electron chi connectivity index (χ3n) is 3.87. The van der Waals surface area contributed by atoms with Crippen molar-refractivity contribution < 1.29 is 18.4 Å². The third-order valence-corrected chi connectivity index (χ3v) is 3.87. The number of aldehydes is 1. The Kier molecular flexibility index (Phi) is 7.18. The molecule has 0 aliphatic rings. The van der Waals surface area contributed by atoms with E-state index in [-0.39, 0.29) is 34.2 Å². The quantitative estimate of drug-likeness (QED) is 0.306. The van der Waals surface area contributed by atoms with Crippen LogP contribution in [0.1, 0.15) is 29.8 Å². The highest BCUT2D eigenvalue weighted by Crippen LogP contribution is 2.27. The molecule has 2 aromatic rings. The zero-order valence-electron chi connectivity index (χ0n) is 16.2. The van der Waals surface area contributed by atoms with E-state index in [1.54, 1.807) is 0 Å². The second kappa shape index (κ2) is 9.58. The number of amides is 2. The summed E-state index contributed by atoms with van der Waals surface area (Å²) in [6.45, 7) is 4.32. The van der Waals surface area contributed by atoms with Gasteiger partial charge in [-0.3, -0.25) is 20.5 Å². The third kappa shape index (κ3) is 5.47. The minimum atomic E-state index is -0.815. The lowest BCUT2D eigenvalue weighted by Gasteiger charge is -2.24. The molecule has 4 N–H and O–H groups in total. The van der Waals surface area contributed by atoms with Crippen LogP contribution in [-0.2, 0) is 0 Å². The number of urea groups is 1. The molecule has 0 saturated heterocycles. The molecule has 0 radical (unpaired) electrons. The van der Waals surface area contributed by atoms with Crippen molar-refractivity contribution in [2.45, 2.75) is 13.8 Å². The van der Waals surface area contributed by atoms with E-state index >= 15 is 0 Å². The number of hydrogen-bond acceptors (Lipinski definition) is 6. The maximum atomic E-state index is 14.1. The fourth-order valence-electron chi connectivity index (χ4n) is 2.43. The summed E-state index contributed by atoms with van der Waals surface area (Å²) in [7, 11) is 1.46. The maximum Gasteiger partial charge on any atom is 0.320 e. The molecule has 29 heavy (non-hydrogen) atoms. The van der Waals surface area contributed by atoms with E-state index < -0.39 is 17.7 Å². The van der Waals surface area contributed by atoms with Gasteiger partial charge in [0.15, 0.2) is 12.1 Å². The summed E-state index contributed by atoms with van der Waals surface area (Å²) < 4.78 is 27.2. The van der Waals surface area contributed by atoms with Gasteiger partial charge in [0.05, 0.1) is 22.5 Å². The van der Waals surface area contributed by atoms with Gasteiger partial charge in [0.25, 0.3) is 0 Å². The summed E-state index contributed by atoms with van der Waals surface area (Å²) in [4.78, 5) is 27.5. The summed E-state index contributed by atoms with van der Waals surface area (Å²) in [6.07, 6.45) is 2.64. The highest BCUT2D eigenvalue weighted by Gasteiger charge is 2.18. The lowest BCUT2D eigenvalue weighted by molar-refractivity contribution is 0.112. The summed E-state index contributed by atoms with van der Waals surface area (Å²) in [6, 6.07) is 2.52. The second-order valence-electron chi connectivity index (χ2n) is 6.61. The largest absolute Gasteiger partial charge is 0.338 e. The van der Waals surface area contributed by atoms with Gasteiger partial charge in [-0.05, 0) is 18.1 Å². The van der Waals surface area contributed by atoms with Gasteiger partial charge in [0.1, 0.15) is 11.6 Å². The molecule has 154 valence electrons. The van der Waals surface area contributed by atoms with Crippen LogP contribution in [0.5, 0.6) is 0 Å². The standard InChI is InChI=1S/C19H22F2N6O2/c1-11(2)8-24-19(29)25-18-14(7-22)17(12(10-28)9-23-18)26-27(3)16-5-4-13(20)6-15(16)21/h4-7,9-11,22H,8H2,1-3H3,(H3,23,24,25,26,29). The topological polar surface area (TPSA) is 110 Å². The first-order valence-corrected chi connectivity index (χ1v) is 8.75. The normalized spacial score (nSPS) is 10.4. The number of pyridine rings is 1. The fourth-order valence-corrected chi connectivity index (χ4v) is 2.43. The SMILES string of the molecule is CC(C)CNC(=O)Nc1ncc(C=O)c(NN(C)c2ccc(F)cc2F)c1C=N. The fraction of sp³-hybridized carbons (Fsp3) is 0.263. The molecule has 0 spiro atoms. The van der Waals surface area contributed by atoms with Crippen molar-refractivity contribution in [1.82, 2.24) is 10.3 Å². The Bertz CT molecular complexity index is 920. The summed E-state index contributed by atoms with van der Waals surface area (Å²) in [5.74, 6) is -1.26. The van der Waals surface area contributed by atoms with Gasteiger partial charge in [0, 0.05) is 32.1 Å². The molecule has 8 nitrogen and oxygen atoms in total. The highest BCUT2D eigenvalue weighted by molar-refractivity contribution is 6.02. The average Bonchev–Trinajstić information content (AvgIpc) is 2.66. The van der Waals surface area contributed by atoms with Crippen LogP contribution in [0.3, 0.4) is 0 Å². The summed E-state index contributed by atoms with van der Waals surface area (Å²) >= 11 is 0. The van der Waals surface area contributed by atoms with Crippen LogP contribution < -0.4 is 21.1 Å². The molecule has 2 rings (SSSR count). The molecule has 10 heteroatoms. The van der Waals surface area contributed by atoms with Gasteiger partial charge in [-0.15, -0.1) is 0 Å². The van der Waals surface area contributed by atoms with Gasteiger partial charge >= 0.3 is 6.03 Å². The predicted octanol–water partition coefficient (Wildman–Crippen LogP) is 3.41. The smallest absolute Gasteiger partial charge is 0.320 e. The first-order chi connectivity index (χ1) is 13.8. The van der Waals surface area contributed by atoms with Crippen LogP contribution in [0.2, 0.25) is 0 Å². The second-order valence-corrected chi connectivity index (χ2v) is 6.61. The first kappa shape index (κ1) is 21.7. The maximum absolute atomic E-state index is 14.1. The Balaban J connectivity index is 2.35. The number of nitrogens with one attached hydrogen (secondary N) is 4. The molecule has 2 amide bonds. The van der Waals surface area contributed by atoms with E-state index in [1.807, 2.05) is 13.8 Å². The number of hydrazine groups is 1. The van der Waals surface area contributed by atoms with E-state index in [1.165, 1.54) is 24.3 Å². The number of halogens is 2. The molecule has 1 aromatic carbocycles. The molecule has 0 aliphatic heterocycles. The molecule has 1 aromatic heterocycles. The summed E-state index contributed by atoms with van der Waals surface area (Å²) in [5, 5.41) is 14.1. The number of nitrogens with zero attached hydrogens (tertiary/aromatic N) is 2. The van der Waals surface area contributed by atoms with Crippen molar-refractivity contribution in [3.63, 3.8) is 0 Å². The van der Waals surface area contributed by atoms with Crippen LogP contribution in [-0.4, -0.2) is 37.1 Å². The zero-order valence-corrected chi connectivity index (χ0v) is 16.2. The number of anilines is 3. The average molecular weight is 404 g/mol. The lowest BCUT2D eigenvalue weighted by atomic mass is 10.1.